The molecule has 0 radical (unpaired) electrons. The smallest absolute Gasteiger partial charge is 0.321 e. The second-order valence-electron chi connectivity index (χ2n) is 7.17. The van der Waals surface area contributed by atoms with Crippen LogP contribution >= 0.6 is 0 Å². The lowest BCUT2D eigenvalue weighted by molar-refractivity contribution is -0.130. The van der Waals surface area contributed by atoms with E-state index in [2.05, 4.69) is 10.3 Å². The first kappa shape index (κ1) is 19.6. The first-order valence-corrected chi connectivity index (χ1v) is 9.57. The Balaban J connectivity index is 1.67. The zero-order valence-corrected chi connectivity index (χ0v) is 16.1. The fourth-order valence-corrected chi connectivity index (χ4v) is 3.55. The zero-order chi connectivity index (χ0) is 20.0. The van der Waals surface area contributed by atoms with Crippen LogP contribution in [0.4, 0.5) is 10.5 Å². The van der Waals surface area contributed by atoms with Gasteiger partial charge in [0.15, 0.2) is 0 Å². The highest BCUT2D eigenvalue weighted by Crippen LogP contribution is 2.33. The van der Waals surface area contributed by atoms with E-state index in [1.54, 1.807) is 11.1 Å². The summed E-state index contributed by atoms with van der Waals surface area (Å²) < 4.78 is 0. The normalized spacial score (nSPS) is 19.5. The van der Waals surface area contributed by atoms with Gasteiger partial charge in [-0.05, 0) is 55.2 Å². The van der Waals surface area contributed by atoms with Crippen molar-refractivity contribution >= 4 is 29.8 Å². The number of carbonyl (C=O) groups excluding carboxylic acids is 2. The van der Waals surface area contributed by atoms with Gasteiger partial charge in [-0.1, -0.05) is 31.2 Å². The van der Waals surface area contributed by atoms with Crippen LogP contribution in [0.5, 0.6) is 0 Å². The summed E-state index contributed by atoms with van der Waals surface area (Å²) in [5, 5.41) is 2.94. The number of carbonyl (C=O) groups is 2. The maximum Gasteiger partial charge on any atom is 0.321 e. The van der Waals surface area contributed by atoms with Crippen LogP contribution in [0, 0.1) is 5.41 Å². The number of likely N-dealkylation sites (tertiary alicyclic amines) is 1. The van der Waals surface area contributed by atoms with Gasteiger partial charge in [0.1, 0.15) is 0 Å². The Kier molecular flexibility index (Phi) is 6.09. The molecule has 28 heavy (non-hydrogen) atoms. The van der Waals surface area contributed by atoms with Crippen LogP contribution in [0.2, 0.25) is 0 Å². The van der Waals surface area contributed by atoms with Crippen molar-refractivity contribution in [3.63, 3.8) is 0 Å². The molecule has 6 nitrogen and oxygen atoms in total. The number of nitrogens with two attached hydrogens (primary N) is 1. The van der Waals surface area contributed by atoms with Crippen molar-refractivity contribution < 1.29 is 9.59 Å². The molecule has 2 heterocycles. The third-order valence-electron chi connectivity index (χ3n) is 5.34. The topological polar surface area (TPSA) is 88.3 Å². The molecule has 1 unspecified atom stereocenters. The van der Waals surface area contributed by atoms with Crippen LogP contribution in [-0.4, -0.2) is 34.9 Å². The van der Waals surface area contributed by atoms with Gasteiger partial charge in [0.2, 0.25) is 5.91 Å². The Morgan fingerprint density at radius 1 is 1.25 bits per heavy atom. The molecule has 1 fully saturated rings. The summed E-state index contributed by atoms with van der Waals surface area (Å²) in [6.07, 6.45) is 7.77. The van der Waals surface area contributed by atoms with Crippen LogP contribution in [0.1, 0.15) is 37.4 Å². The maximum atomic E-state index is 12.7. The molecule has 3 N–H and O–H groups in total. The fraction of sp³-hybridized carbons (Fsp3) is 0.318. The highest BCUT2D eigenvalue weighted by atomic mass is 16.2. The number of urea groups is 1. The quantitative estimate of drug-likeness (QED) is 0.830. The summed E-state index contributed by atoms with van der Waals surface area (Å²) in [7, 11) is 0. The SMILES string of the molecule is CCC1(C(N)=O)CCCN(C(=O)Nc2cccc(C=Cc3ccccn3)c2)C1. The Bertz CT molecular complexity index is 866. The molecule has 1 saturated heterocycles. The van der Waals surface area contributed by atoms with Crippen LogP contribution < -0.4 is 11.1 Å². The van der Waals surface area contributed by atoms with Gasteiger partial charge < -0.3 is 16.0 Å². The van der Waals surface area contributed by atoms with Crippen LogP contribution in [0.25, 0.3) is 12.2 Å². The number of hydrogen-bond donors (Lipinski definition) is 2. The van der Waals surface area contributed by atoms with Crippen LogP contribution in [0.3, 0.4) is 0 Å². The third kappa shape index (κ3) is 4.57. The lowest BCUT2D eigenvalue weighted by atomic mass is 9.77. The molecule has 146 valence electrons. The van der Waals surface area contributed by atoms with E-state index in [1.807, 2.05) is 61.5 Å². The average molecular weight is 378 g/mol. The van der Waals surface area contributed by atoms with Crippen molar-refractivity contribution in [2.75, 3.05) is 18.4 Å². The molecular weight excluding hydrogens is 352 g/mol. The van der Waals surface area contributed by atoms with Crippen molar-refractivity contribution in [3.8, 4) is 0 Å². The number of aromatic nitrogens is 1. The number of primary amides is 1. The molecule has 0 saturated carbocycles. The third-order valence-corrected chi connectivity index (χ3v) is 5.34. The summed E-state index contributed by atoms with van der Waals surface area (Å²) in [4.78, 5) is 30.6. The monoisotopic (exact) mass is 378 g/mol. The summed E-state index contributed by atoms with van der Waals surface area (Å²) in [6.45, 7) is 2.94. The highest BCUT2D eigenvalue weighted by Gasteiger charge is 2.40. The molecule has 6 heteroatoms. The van der Waals surface area contributed by atoms with Gasteiger partial charge >= 0.3 is 6.03 Å². The van der Waals surface area contributed by atoms with Crippen LogP contribution in [-0.2, 0) is 4.79 Å². The van der Waals surface area contributed by atoms with E-state index in [4.69, 9.17) is 5.73 Å². The standard InChI is InChI=1S/C22H26N4O2/c1-2-22(20(23)27)12-6-14-26(16-22)21(28)25-19-9-5-7-17(15-19)10-11-18-8-3-4-13-24-18/h3-5,7-11,13,15H,2,6,12,14,16H2,1H3,(H2,23,27)(H,25,28). The predicted octanol–water partition coefficient (Wildman–Crippen LogP) is 3.76. The molecule has 1 aromatic heterocycles. The second kappa shape index (κ2) is 8.69. The summed E-state index contributed by atoms with van der Waals surface area (Å²) in [5.74, 6) is -0.325. The van der Waals surface area contributed by atoms with E-state index in [-0.39, 0.29) is 11.9 Å². The van der Waals surface area contributed by atoms with E-state index in [0.29, 0.717) is 25.2 Å². The second-order valence-corrected chi connectivity index (χ2v) is 7.17. The average Bonchev–Trinajstić information content (AvgIpc) is 2.73. The number of nitrogens with one attached hydrogen (secondary N) is 1. The first-order valence-electron chi connectivity index (χ1n) is 9.57. The minimum atomic E-state index is -0.622. The van der Waals surface area contributed by atoms with E-state index < -0.39 is 5.41 Å². The molecule has 2 aromatic rings. The number of hydrogen-bond acceptors (Lipinski definition) is 3. The van der Waals surface area contributed by atoms with Crippen molar-refractivity contribution in [2.45, 2.75) is 26.2 Å². The Hall–Kier alpha value is -3.15. The number of piperidine rings is 1. The van der Waals surface area contributed by atoms with Crippen molar-refractivity contribution in [2.24, 2.45) is 11.1 Å². The molecule has 3 rings (SSSR count). The van der Waals surface area contributed by atoms with Crippen molar-refractivity contribution in [3.05, 3.63) is 59.9 Å². The molecule has 1 aliphatic heterocycles. The number of nitrogens with zero attached hydrogens (tertiary/aromatic N) is 2. The maximum absolute atomic E-state index is 12.7. The van der Waals surface area contributed by atoms with Crippen molar-refractivity contribution in [1.29, 1.82) is 0 Å². The molecule has 1 aliphatic rings. The van der Waals surface area contributed by atoms with Gasteiger partial charge in [0.05, 0.1) is 11.1 Å². The van der Waals surface area contributed by atoms with Gasteiger partial charge in [0, 0.05) is 25.0 Å². The van der Waals surface area contributed by atoms with E-state index in [0.717, 1.165) is 24.1 Å². The number of anilines is 1. The lowest BCUT2D eigenvalue weighted by Gasteiger charge is -2.40. The van der Waals surface area contributed by atoms with Crippen molar-refractivity contribution in [1.82, 2.24) is 9.88 Å². The summed E-state index contributed by atoms with van der Waals surface area (Å²) in [5.41, 5.74) is 7.53. The Morgan fingerprint density at radius 2 is 2.11 bits per heavy atom. The van der Waals surface area contributed by atoms with Gasteiger partial charge in [-0.2, -0.15) is 0 Å². The minimum absolute atomic E-state index is 0.204. The molecule has 0 bridgehead atoms. The number of pyridine rings is 1. The van der Waals surface area contributed by atoms with Gasteiger partial charge in [0.25, 0.3) is 0 Å². The van der Waals surface area contributed by atoms with Gasteiger partial charge in [-0.15, -0.1) is 0 Å². The van der Waals surface area contributed by atoms with Gasteiger partial charge in [-0.25, -0.2) is 4.79 Å². The molecule has 1 atom stereocenters. The van der Waals surface area contributed by atoms with E-state index in [9.17, 15) is 9.59 Å². The fourth-order valence-electron chi connectivity index (χ4n) is 3.55. The summed E-state index contributed by atoms with van der Waals surface area (Å²) >= 11 is 0. The predicted molar refractivity (Wildman–Crippen MR) is 111 cm³/mol. The first-order chi connectivity index (χ1) is 13.5. The van der Waals surface area contributed by atoms with E-state index >= 15 is 0 Å². The molecular formula is C22H26N4O2. The lowest BCUT2D eigenvalue weighted by Crippen LogP contribution is -2.52. The summed E-state index contributed by atoms with van der Waals surface area (Å²) in [6, 6.07) is 13.1. The number of amides is 3. The minimum Gasteiger partial charge on any atom is -0.369 e. The highest BCUT2D eigenvalue weighted by molar-refractivity contribution is 5.91. The van der Waals surface area contributed by atoms with Gasteiger partial charge in [-0.3, -0.25) is 9.78 Å². The molecule has 3 amide bonds. The Labute approximate surface area is 165 Å². The zero-order valence-electron chi connectivity index (χ0n) is 16.1. The molecule has 1 aromatic carbocycles. The largest absolute Gasteiger partial charge is 0.369 e. The number of benzene rings is 1. The van der Waals surface area contributed by atoms with Crippen LogP contribution in [0.15, 0.2) is 48.7 Å². The Morgan fingerprint density at radius 3 is 2.82 bits per heavy atom. The molecule has 0 aliphatic carbocycles. The van der Waals surface area contributed by atoms with E-state index in [1.165, 1.54) is 0 Å². The molecule has 0 spiro atoms. The number of rotatable bonds is 5.